The van der Waals surface area contributed by atoms with Gasteiger partial charge in [0.1, 0.15) is 0 Å². The second-order valence-electron chi connectivity index (χ2n) is 7.12. The Morgan fingerprint density at radius 2 is 1.88 bits per heavy atom. The first-order chi connectivity index (χ1) is 15.6. The van der Waals surface area contributed by atoms with Gasteiger partial charge in [-0.15, -0.1) is 10.2 Å². The van der Waals surface area contributed by atoms with Crippen molar-refractivity contribution in [2.75, 3.05) is 18.9 Å². The van der Waals surface area contributed by atoms with Gasteiger partial charge < -0.3 is 15.4 Å². The summed E-state index contributed by atoms with van der Waals surface area (Å²) >= 11 is 1.39. The smallest absolute Gasteiger partial charge is 0.337 e. The van der Waals surface area contributed by atoms with Crippen LogP contribution in [0.3, 0.4) is 0 Å². The largest absolute Gasteiger partial charge is 0.463 e. The Hall–Kier alpha value is -3.59. The number of esters is 1. The van der Waals surface area contributed by atoms with E-state index in [1.165, 1.54) is 11.8 Å². The Kier molecular flexibility index (Phi) is 6.55. The van der Waals surface area contributed by atoms with E-state index in [0.29, 0.717) is 28.0 Å². The molecule has 32 heavy (non-hydrogen) atoms. The number of aromatic nitrogens is 3. The first-order valence-corrected chi connectivity index (χ1v) is 11.2. The molecule has 2 aromatic carbocycles. The summed E-state index contributed by atoms with van der Waals surface area (Å²) in [6.07, 6.45) is 0. The molecule has 9 heteroatoms. The van der Waals surface area contributed by atoms with Crippen LogP contribution >= 0.6 is 11.8 Å². The SMILES string of the molecule is CCOC(=O)C1=C(CSc2nnc(-c3ccccc3)n2-c2ccc(C)cc2)NC(=O)NC1. The highest BCUT2D eigenvalue weighted by Crippen LogP contribution is 2.29. The molecule has 0 spiro atoms. The maximum Gasteiger partial charge on any atom is 0.337 e. The average molecular weight is 450 g/mol. The Labute approximate surface area is 190 Å². The highest BCUT2D eigenvalue weighted by atomic mass is 32.2. The van der Waals surface area contributed by atoms with Gasteiger partial charge in [-0.2, -0.15) is 0 Å². The van der Waals surface area contributed by atoms with Crippen LogP contribution in [0.2, 0.25) is 0 Å². The first-order valence-electron chi connectivity index (χ1n) is 10.2. The number of thioether (sulfide) groups is 1. The van der Waals surface area contributed by atoms with Gasteiger partial charge in [0.05, 0.1) is 18.7 Å². The molecule has 0 saturated heterocycles. The summed E-state index contributed by atoms with van der Waals surface area (Å²) in [4.78, 5) is 24.2. The van der Waals surface area contributed by atoms with Crippen LogP contribution in [0.1, 0.15) is 12.5 Å². The van der Waals surface area contributed by atoms with Crippen LogP contribution in [0, 0.1) is 6.92 Å². The minimum atomic E-state index is -0.444. The number of nitrogens with one attached hydrogen (secondary N) is 2. The molecular formula is C23H23N5O3S. The molecule has 4 rings (SSSR count). The Morgan fingerprint density at radius 1 is 1.12 bits per heavy atom. The third kappa shape index (κ3) is 4.67. The van der Waals surface area contributed by atoms with Crippen molar-refractivity contribution in [1.29, 1.82) is 0 Å². The molecule has 0 aliphatic carbocycles. The lowest BCUT2D eigenvalue weighted by Gasteiger charge is -2.21. The lowest BCUT2D eigenvalue weighted by Crippen LogP contribution is -2.44. The predicted molar refractivity (Wildman–Crippen MR) is 122 cm³/mol. The quantitative estimate of drug-likeness (QED) is 0.423. The summed E-state index contributed by atoms with van der Waals surface area (Å²) in [7, 11) is 0. The first kappa shape index (κ1) is 21.6. The van der Waals surface area contributed by atoms with Crippen molar-refractivity contribution < 1.29 is 14.3 Å². The number of hydrogen-bond acceptors (Lipinski definition) is 6. The lowest BCUT2D eigenvalue weighted by atomic mass is 10.2. The van der Waals surface area contributed by atoms with E-state index in [0.717, 1.165) is 16.8 Å². The number of carbonyl (C=O) groups excluding carboxylic acids is 2. The number of nitrogens with zero attached hydrogens (tertiary/aromatic N) is 3. The fourth-order valence-corrected chi connectivity index (χ4v) is 4.21. The fraction of sp³-hybridized carbons (Fsp3) is 0.217. The van der Waals surface area contributed by atoms with Gasteiger partial charge in [0.2, 0.25) is 0 Å². The molecule has 2 amide bonds. The van der Waals surface area contributed by atoms with E-state index >= 15 is 0 Å². The van der Waals surface area contributed by atoms with Gasteiger partial charge in [-0.05, 0) is 26.0 Å². The molecule has 0 bridgehead atoms. The minimum Gasteiger partial charge on any atom is -0.463 e. The summed E-state index contributed by atoms with van der Waals surface area (Å²) in [5.41, 5.74) is 3.93. The van der Waals surface area contributed by atoms with Crippen molar-refractivity contribution >= 4 is 23.8 Å². The molecule has 0 radical (unpaired) electrons. The standard InChI is InChI=1S/C23H23N5O3S/c1-3-31-21(29)18-13-24-22(30)25-19(18)14-32-23-27-26-20(16-7-5-4-6-8-16)28(23)17-11-9-15(2)10-12-17/h4-12H,3,13-14H2,1-2H3,(H2,24,25,30). The summed E-state index contributed by atoms with van der Waals surface area (Å²) < 4.78 is 7.11. The van der Waals surface area contributed by atoms with E-state index in [2.05, 4.69) is 20.8 Å². The van der Waals surface area contributed by atoms with Crippen molar-refractivity contribution in [3.63, 3.8) is 0 Å². The normalized spacial score (nSPS) is 13.5. The Morgan fingerprint density at radius 3 is 2.59 bits per heavy atom. The fourth-order valence-electron chi connectivity index (χ4n) is 3.27. The lowest BCUT2D eigenvalue weighted by molar-refractivity contribution is -0.138. The highest BCUT2D eigenvalue weighted by Gasteiger charge is 2.25. The maximum atomic E-state index is 12.3. The number of aryl methyl sites for hydroxylation is 1. The van der Waals surface area contributed by atoms with Gasteiger partial charge >= 0.3 is 12.0 Å². The predicted octanol–water partition coefficient (Wildman–Crippen LogP) is 3.46. The molecule has 3 aromatic rings. The summed E-state index contributed by atoms with van der Waals surface area (Å²) in [6, 6.07) is 17.6. The number of benzene rings is 2. The van der Waals surface area contributed by atoms with E-state index in [4.69, 9.17) is 4.74 Å². The second-order valence-corrected chi connectivity index (χ2v) is 8.06. The minimum absolute atomic E-state index is 0.125. The Balaban J connectivity index is 1.69. The van der Waals surface area contributed by atoms with Crippen molar-refractivity contribution in [2.24, 2.45) is 0 Å². The van der Waals surface area contributed by atoms with Crippen LogP contribution in [0.5, 0.6) is 0 Å². The number of carbonyl (C=O) groups is 2. The van der Waals surface area contributed by atoms with E-state index in [1.807, 2.05) is 66.1 Å². The third-order valence-electron chi connectivity index (χ3n) is 4.88. The molecule has 1 aliphatic rings. The molecule has 0 unspecified atom stereocenters. The second kappa shape index (κ2) is 9.69. The van der Waals surface area contributed by atoms with Crippen LogP contribution in [-0.4, -0.2) is 45.7 Å². The zero-order chi connectivity index (χ0) is 22.5. The van der Waals surface area contributed by atoms with Gasteiger partial charge in [-0.3, -0.25) is 4.57 Å². The van der Waals surface area contributed by atoms with E-state index in [9.17, 15) is 9.59 Å². The van der Waals surface area contributed by atoms with Crippen LogP contribution in [0.4, 0.5) is 4.79 Å². The van der Waals surface area contributed by atoms with Crippen LogP contribution < -0.4 is 10.6 Å². The highest BCUT2D eigenvalue weighted by molar-refractivity contribution is 7.99. The van der Waals surface area contributed by atoms with Crippen molar-refractivity contribution in [3.05, 3.63) is 71.4 Å². The number of ether oxygens (including phenoxy) is 1. The molecule has 0 atom stereocenters. The summed E-state index contributed by atoms with van der Waals surface area (Å²) in [5.74, 6) is 0.604. The third-order valence-corrected chi connectivity index (χ3v) is 5.83. The number of rotatable bonds is 7. The molecule has 0 saturated carbocycles. The summed E-state index contributed by atoms with van der Waals surface area (Å²) in [5, 5.41) is 14.8. The van der Waals surface area contributed by atoms with E-state index in [1.54, 1.807) is 6.92 Å². The van der Waals surface area contributed by atoms with Gasteiger partial charge in [0.15, 0.2) is 11.0 Å². The molecule has 2 heterocycles. The van der Waals surface area contributed by atoms with Gasteiger partial charge in [0.25, 0.3) is 0 Å². The molecule has 8 nitrogen and oxygen atoms in total. The topological polar surface area (TPSA) is 98.1 Å². The van der Waals surface area contributed by atoms with Crippen LogP contribution in [0.25, 0.3) is 17.1 Å². The van der Waals surface area contributed by atoms with Crippen molar-refractivity contribution in [2.45, 2.75) is 19.0 Å². The molecule has 1 aliphatic heterocycles. The van der Waals surface area contributed by atoms with E-state index < -0.39 is 5.97 Å². The van der Waals surface area contributed by atoms with Crippen molar-refractivity contribution in [1.82, 2.24) is 25.4 Å². The van der Waals surface area contributed by atoms with Gasteiger partial charge in [0, 0.05) is 22.7 Å². The summed E-state index contributed by atoms with van der Waals surface area (Å²) in [6.45, 7) is 4.17. The average Bonchev–Trinajstić information content (AvgIpc) is 3.23. The molecule has 164 valence electrons. The monoisotopic (exact) mass is 449 g/mol. The maximum absolute atomic E-state index is 12.3. The van der Waals surface area contributed by atoms with E-state index in [-0.39, 0.29) is 19.2 Å². The zero-order valence-corrected chi connectivity index (χ0v) is 18.6. The number of amides is 2. The molecule has 0 fully saturated rings. The molecule has 1 aromatic heterocycles. The zero-order valence-electron chi connectivity index (χ0n) is 17.8. The number of hydrogen-bond donors (Lipinski definition) is 2. The van der Waals surface area contributed by atoms with Crippen molar-refractivity contribution in [3.8, 4) is 17.1 Å². The molecular weight excluding hydrogens is 426 g/mol. The Bertz CT molecular complexity index is 1160. The van der Waals surface area contributed by atoms with Gasteiger partial charge in [-0.25, -0.2) is 9.59 Å². The number of urea groups is 1. The van der Waals surface area contributed by atoms with Crippen LogP contribution in [0.15, 0.2) is 71.0 Å². The van der Waals surface area contributed by atoms with Gasteiger partial charge in [-0.1, -0.05) is 59.8 Å². The molecule has 2 N–H and O–H groups in total. The van der Waals surface area contributed by atoms with Crippen LogP contribution in [-0.2, 0) is 9.53 Å².